The van der Waals surface area contributed by atoms with Crippen molar-refractivity contribution in [3.63, 3.8) is 0 Å². The molecule has 3 amide bonds. The smallest absolute Gasteiger partial charge is 0.327 e. The molecule has 0 atom stereocenters. The van der Waals surface area contributed by atoms with Gasteiger partial charge in [0.2, 0.25) is 0 Å². The second-order valence-corrected chi connectivity index (χ2v) is 8.76. The minimum absolute atomic E-state index is 0.0489. The first-order valence-electron chi connectivity index (χ1n) is 9.18. The molecular formula is C21H22ClN3O4S. The third-order valence-electron chi connectivity index (χ3n) is 4.89. The molecule has 0 bridgehead atoms. The Morgan fingerprint density at radius 2 is 1.67 bits per heavy atom. The number of hydrogen-bond donors (Lipinski definition) is 1. The minimum Gasteiger partial charge on any atom is -0.457 e. The van der Waals surface area contributed by atoms with Crippen LogP contribution in [0.25, 0.3) is 0 Å². The molecule has 9 heteroatoms. The number of carbonyl (C=O) groups excluding carboxylic acids is 2. The SMILES string of the molecule is CN1C(=O)N(C/C(CSc2ccc(Oc3ccc(Cl)cc3)cc2)=N\O)C(=O)C1(C)C. The number of thioether (sulfide) groups is 1. The van der Waals surface area contributed by atoms with Gasteiger partial charge in [0.15, 0.2) is 0 Å². The van der Waals surface area contributed by atoms with Gasteiger partial charge in [-0.2, -0.15) is 0 Å². The van der Waals surface area contributed by atoms with Crippen LogP contribution in [0.5, 0.6) is 11.5 Å². The summed E-state index contributed by atoms with van der Waals surface area (Å²) in [6.45, 7) is 3.32. The lowest BCUT2D eigenvalue weighted by molar-refractivity contribution is -0.131. The van der Waals surface area contributed by atoms with E-state index in [1.807, 2.05) is 24.3 Å². The largest absolute Gasteiger partial charge is 0.457 e. The second-order valence-electron chi connectivity index (χ2n) is 7.27. The van der Waals surface area contributed by atoms with E-state index in [1.54, 1.807) is 45.2 Å². The monoisotopic (exact) mass is 447 g/mol. The minimum atomic E-state index is -0.912. The number of benzene rings is 2. The number of nitrogens with zero attached hydrogens (tertiary/aromatic N) is 3. The lowest BCUT2D eigenvalue weighted by atomic mass is 10.1. The Kier molecular flexibility index (Phi) is 6.58. The Morgan fingerprint density at radius 3 is 2.17 bits per heavy atom. The number of likely N-dealkylation sites (N-methyl/N-ethyl adjacent to an activating group) is 1. The van der Waals surface area contributed by atoms with Crippen molar-refractivity contribution >= 4 is 41.0 Å². The maximum atomic E-state index is 12.5. The van der Waals surface area contributed by atoms with Crippen LogP contribution in [0.1, 0.15) is 13.8 Å². The summed E-state index contributed by atoms with van der Waals surface area (Å²) in [5.74, 6) is 1.37. The fraction of sp³-hybridized carbons (Fsp3) is 0.286. The fourth-order valence-corrected chi connectivity index (χ4v) is 3.75. The first-order chi connectivity index (χ1) is 14.2. The van der Waals surface area contributed by atoms with Crippen LogP contribution < -0.4 is 4.74 Å². The summed E-state index contributed by atoms with van der Waals surface area (Å²) in [6, 6.07) is 14.1. The standard InChI is InChI=1S/C21H22ClN3O4S/c1-21(2)19(26)25(20(27)24(21)3)12-15(23-28)13-30-18-10-8-17(9-11-18)29-16-6-4-14(22)5-7-16/h4-11,28H,12-13H2,1-3H3/b23-15+. The average Bonchev–Trinajstić information content (AvgIpc) is 2.88. The molecule has 0 radical (unpaired) electrons. The highest BCUT2D eigenvalue weighted by molar-refractivity contribution is 8.00. The Labute approximate surface area is 184 Å². The van der Waals surface area contributed by atoms with E-state index in [2.05, 4.69) is 5.16 Å². The molecule has 2 aromatic rings. The van der Waals surface area contributed by atoms with Crippen molar-refractivity contribution in [2.45, 2.75) is 24.3 Å². The van der Waals surface area contributed by atoms with Crippen LogP contribution in [0.15, 0.2) is 58.6 Å². The summed E-state index contributed by atoms with van der Waals surface area (Å²) < 4.78 is 5.76. The van der Waals surface area contributed by atoms with Crippen molar-refractivity contribution in [2.75, 3.05) is 19.3 Å². The van der Waals surface area contributed by atoms with Gasteiger partial charge in [-0.15, -0.1) is 11.8 Å². The van der Waals surface area contributed by atoms with Gasteiger partial charge in [-0.25, -0.2) is 4.79 Å². The van der Waals surface area contributed by atoms with Crippen LogP contribution in [0.2, 0.25) is 5.02 Å². The van der Waals surface area contributed by atoms with Gasteiger partial charge in [0.25, 0.3) is 5.91 Å². The van der Waals surface area contributed by atoms with E-state index in [9.17, 15) is 14.8 Å². The molecule has 3 rings (SSSR count). The summed E-state index contributed by atoms with van der Waals surface area (Å²) in [6.07, 6.45) is 0. The third kappa shape index (κ3) is 4.71. The number of hydrogen-bond acceptors (Lipinski definition) is 6. The van der Waals surface area contributed by atoms with Gasteiger partial charge in [0, 0.05) is 22.7 Å². The number of ether oxygens (including phenoxy) is 1. The van der Waals surface area contributed by atoms with Crippen molar-refractivity contribution in [1.82, 2.24) is 9.80 Å². The van der Waals surface area contributed by atoms with E-state index in [1.165, 1.54) is 16.7 Å². The highest BCUT2D eigenvalue weighted by Crippen LogP contribution is 2.28. The summed E-state index contributed by atoms with van der Waals surface area (Å²) in [5, 5.41) is 13.3. The van der Waals surface area contributed by atoms with Gasteiger partial charge in [-0.05, 0) is 62.4 Å². The van der Waals surface area contributed by atoms with E-state index in [0.717, 1.165) is 9.80 Å². The quantitative estimate of drug-likeness (QED) is 0.218. The average molecular weight is 448 g/mol. The summed E-state index contributed by atoms with van der Waals surface area (Å²) in [7, 11) is 1.58. The second kappa shape index (κ2) is 8.97. The predicted octanol–water partition coefficient (Wildman–Crippen LogP) is 4.73. The summed E-state index contributed by atoms with van der Waals surface area (Å²) in [5.41, 5.74) is -0.584. The Morgan fingerprint density at radius 1 is 1.10 bits per heavy atom. The van der Waals surface area contributed by atoms with Crippen molar-refractivity contribution in [1.29, 1.82) is 0 Å². The Hall–Kier alpha value is -2.71. The lowest BCUT2D eigenvalue weighted by Crippen LogP contribution is -2.42. The highest BCUT2D eigenvalue weighted by atomic mass is 35.5. The number of urea groups is 1. The molecule has 1 aliphatic heterocycles. The van der Waals surface area contributed by atoms with E-state index in [4.69, 9.17) is 16.3 Å². The molecule has 1 aliphatic rings. The van der Waals surface area contributed by atoms with E-state index < -0.39 is 11.6 Å². The zero-order chi connectivity index (χ0) is 21.9. The van der Waals surface area contributed by atoms with E-state index >= 15 is 0 Å². The Balaban J connectivity index is 1.57. The van der Waals surface area contributed by atoms with Gasteiger partial charge in [0.1, 0.15) is 17.0 Å². The molecule has 30 heavy (non-hydrogen) atoms. The number of halogens is 1. The normalized spacial score (nSPS) is 16.3. The van der Waals surface area contributed by atoms with Crippen molar-refractivity contribution in [3.05, 3.63) is 53.6 Å². The molecule has 0 unspecified atom stereocenters. The number of carbonyl (C=O) groups is 2. The van der Waals surface area contributed by atoms with Crippen molar-refractivity contribution in [3.8, 4) is 11.5 Å². The molecule has 0 spiro atoms. The highest BCUT2D eigenvalue weighted by Gasteiger charge is 2.49. The van der Waals surface area contributed by atoms with Gasteiger partial charge in [0.05, 0.1) is 12.3 Å². The predicted molar refractivity (Wildman–Crippen MR) is 117 cm³/mol. The molecule has 1 fully saturated rings. The molecule has 2 aromatic carbocycles. The molecule has 0 aromatic heterocycles. The fourth-order valence-electron chi connectivity index (χ4n) is 2.82. The molecule has 1 N–H and O–H groups in total. The van der Waals surface area contributed by atoms with E-state index in [0.29, 0.717) is 28.0 Å². The van der Waals surface area contributed by atoms with E-state index in [-0.39, 0.29) is 12.5 Å². The first-order valence-corrected chi connectivity index (χ1v) is 10.5. The van der Waals surface area contributed by atoms with Crippen LogP contribution >= 0.6 is 23.4 Å². The first kappa shape index (κ1) is 22.0. The topological polar surface area (TPSA) is 82.4 Å². The van der Waals surface area contributed by atoms with Crippen molar-refractivity contribution < 1.29 is 19.5 Å². The van der Waals surface area contributed by atoms with Gasteiger partial charge < -0.3 is 14.8 Å². The molecule has 0 aliphatic carbocycles. The van der Waals surface area contributed by atoms with Crippen molar-refractivity contribution in [2.24, 2.45) is 5.16 Å². The van der Waals surface area contributed by atoms with Gasteiger partial charge in [-0.3, -0.25) is 9.69 Å². The lowest BCUT2D eigenvalue weighted by Gasteiger charge is -2.22. The van der Waals surface area contributed by atoms with Crippen LogP contribution in [0.4, 0.5) is 4.79 Å². The summed E-state index contributed by atoms with van der Waals surface area (Å²) >= 11 is 7.30. The van der Waals surface area contributed by atoms with Crippen LogP contribution in [-0.2, 0) is 4.79 Å². The molecule has 1 heterocycles. The van der Waals surface area contributed by atoms with Crippen LogP contribution in [0, 0.1) is 0 Å². The zero-order valence-corrected chi connectivity index (χ0v) is 18.4. The third-order valence-corrected chi connectivity index (χ3v) is 6.22. The maximum absolute atomic E-state index is 12.5. The number of rotatable bonds is 7. The number of oxime groups is 1. The molecule has 1 saturated heterocycles. The number of amides is 3. The van der Waals surface area contributed by atoms with Gasteiger partial charge in [-0.1, -0.05) is 16.8 Å². The van der Waals surface area contributed by atoms with Gasteiger partial charge >= 0.3 is 6.03 Å². The molecular weight excluding hydrogens is 426 g/mol. The zero-order valence-electron chi connectivity index (χ0n) is 16.8. The summed E-state index contributed by atoms with van der Waals surface area (Å²) in [4.78, 5) is 28.2. The Bertz CT molecular complexity index is 961. The van der Waals surface area contributed by atoms with Crippen LogP contribution in [0.3, 0.4) is 0 Å². The molecule has 158 valence electrons. The van der Waals surface area contributed by atoms with Crippen LogP contribution in [-0.4, -0.2) is 57.5 Å². The maximum Gasteiger partial charge on any atom is 0.327 e. The molecule has 7 nitrogen and oxygen atoms in total. The molecule has 0 saturated carbocycles. The number of imide groups is 1.